The Balaban J connectivity index is 1.61. The van der Waals surface area contributed by atoms with Crippen molar-refractivity contribution in [2.24, 2.45) is 46.0 Å². The summed E-state index contributed by atoms with van der Waals surface area (Å²) in [5.74, 6) is 14.8. The zero-order chi connectivity index (χ0) is 39.6. The zero-order valence-corrected chi connectivity index (χ0v) is 33.5. The van der Waals surface area contributed by atoms with Gasteiger partial charge in [-0.15, -0.1) is 5.92 Å². The van der Waals surface area contributed by atoms with Gasteiger partial charge >= 0.3 is 0 Å². The normalized spacial score (nSPS) is 27.5. The average molecular weight is 760 g/mol. The number of allylic oxidation sites excluding steroid dienone is 1. The summed E-state index contributed by atoms with van der Waals surface area (Å²) in [6.07, 6.45) is 15.8. The molecule has 8 nitrogen and oxygen atoms in total. The van der Waals surface area contributed by atoms with Crippen LogP contribution < -0.4 is 16.2 Å². The number of ether oxygens (including phenoxy) is 2. The molecule has 5 aliphatic carbocycles. The third-order valence-corrected chi connectivity index (χ3v) is 12.3. The summed E-state index contributed by atoms with van der Waals surface area (Å²) >= 11 is 0. The molecule has 56 heavy (non-hydrogen) atoms. The van der Waals surface area contributed by atoms with Gasteiger partial charge in [-0.3, -0.25) is 4.79 Å². The van der Waals surface area contributed by atoms with E-state index in [1.165, 1.54) is 0 Å². The number of nitrogens with two attached hydrogens (primary N) is 2. The molecule has 0 heterocycles. The second-order valence-corrected chi connectivity index (χ2v) is 16.5. The number of hydrogen-bond donors (Lipinski definition) is 4. The van der Waals surface area contributed by atoms with Gasteiger partial charge in [0, 0.05) is 42.9 Å². The molecule has 1 fully saturated rings. The van der Waals surface area contributed by atoms with Crippen molar-refractivity contribution in [2.45, 2.75) is 121 Å². The fourth-order valence-electron chi connectivity index (χ4n) is 9.43. The second-order valence-electron chi connectivity index (χ2n) is 16.5. The van der Waals surface area contributed by atoms with Crippen LogP contribution in [0.2, 0.25) is 0 Å². The zero-order valence-electron chi connectivity index (χ0n) is 33.5. The van der Waals surface area contributed by atoms with E-state index in [9.17, 15) is 15.0 Å². The van der Waals surface area contributed by atoms with Crippen molar-refractivity contribution in [3.63, 3.8) is 0 Å². The molecule has 0 aliphatic heterocycles. The number of fused-ring (bicyclic) bond motifs is 5. The molecule has 4 bridgehead atoms. The summed E-state index contributed by atoms with van der Waals surface area (Å²) in [7, 11) is 1.76. The SMILES string of the molecule is CCCC(=CC(=O)CCc1cc(OC2CCCC2)c(O)c2c1C#CC1C(Cc3ccccc3)C#CCC(C)CCC2C2CC(C=CC2OC)C1N=C(N)N)CO. The summed E-state index contributed by atoms with van der Waals surface area (Å²) in [4.78, 5) is 18.4. The molecular formula is C48H61N3O5. The number of carbonyl (C=O) groups excluding carboxylic acids is 1. The van der Waals surface area contributed by atoms with E-state index in [-0.39, 0.29) is 78.4 Å². The van der Waals surface area contributed by atoms with E-state index in [0.29, 0.717) is 30.9 Å². The number of aliphatic hydroxyl groups excluding tert-OH is 1. The van der Waals surface area contributed by atoms with Gasteiger partial charge in [-0.2, -0.15) is 0 Å². The third kappa shape index (κ3) is 10.1. The van der Waals surface area contributed by atoms with Crippen LogP contribution in [0.5, 0.6) is 11.5 Å². The van der Waals surface area contributed by atoms with Crippen LogP contribution in [0.25, 0.3) is 0 Å². The molecule has 2 aromatic carbocycles. The van der Waals surface area contributed by atoms with Crippen LogP contribution in [-0.4, -0.2) is 53.9 Å². The van der Waals surface area contributed by atoms with Gasteiger partial charge in [-0.1, -0.05) is 80.5 Å². The van der Waals surface area contributed by atoms with E-state index in [1.54, 1.807) is 13.2 Å². The van der Waals surface area contributed by atoms with Crippen LogP contribution in [0, 0.1) is 53.3 Å². The minimum atomic E-state index is -0.378. The van der Waals surface area contributed by atoms with E-state index in [0.717, 1.165) is 85.6 Å². The molecule has 0 saturated heterocycles. The lowest BCUT2D eigenvalue weighted by Crippen LogP contribution is -2.41. The monoisotopic (exact) mass is 759 g/mol. The van der Waals surface area contributed by atoms with Gasteiger partial charge in [-0.05, 0) is 111 Å². The third-order valence-electron chi connectivity index (χ3n) is 12.3. The van der Waals surface area contributed by atoms with Gasteiger partial charge in [-0.25, -0.2) is 4.99 Å². The Kier molecular flexibility index (Phi) is 14.4. The van der Waals surface area contributed by atoms with Gasteiger partial charge in [0.15, 0.2) is 23.2 Å². The maximum atomic E-state index is 13.5. The number of hydrogen-bond acceptors (Lipinski definition) is 6. The van der Waals surface area contributed by atoms with E-state index in [2.05, 4.69) is 67.0 Å². The summed E-state index contributed by atoms with van der Waals surface area (Å²) in [6.45, 7) is 4.16. The first kappa shape index (κ1) is 41.1. The average Bonchev–Trinajstić information content (AvgIpc) is 3.71. The number of ketones is 1. The van der Waals surface area contributed by atoms with Crippen LogP contribution in [0.15, 0.2) is 65.2 Å². The summed E-state index contributed by atoms with van der Waals surface area (Å²) < 4.78 is 12.9. The van der Waals surface area contributed by atoms with Crippen LogP contribution in [0.1, 0.15) is 113 Å². The number of guanidine groups is 1. The number of carbonyl (C=O) groups is 1. The molecule has 2 aromatic rings. The number of aromatic hydroxyl groups is 1. The lowest BCUT2D eigenvalue weighted by molar-refractivity contribution is -0.114. The van der Waals surface area contributed by atoms with Crippen molar-refractivity contribution < 1.29 is 24.5 Å². The smallest absolute Gasteiger partial charge is 0.186 e. The highest BCUT2D eigenvalue weighted by atomic mass is 16.5. The van der Waals surface area contributed by atoms with Crippen molar-refractivity contribution in [2.75, 3.05) is 13.7 Å². The summed E-state index contributed by atoms with van der Waals surface area (Å²) in [6, 6.07) is 11.9. The number of aliphatic imine (C=N–C) groups is 1. The lowest BCUT2D eigenvalue weighted by Gasteiger charge is -2.41. The van der Waals surface area contributed by atoms with Gasteiger partial charge in [0.05, 0.1) is 30.8 Å². The molecule has 8 heteroatoms. The van der Waals surface area contributed by atoms with Crippen LogP contribution >= 0.6 is 0 Å². The lowest BCUT2D eigenvalue weighted by atomic mass is 9.66. The Bertz CT molecular complexity index is 1890. The molecule has 6 N–H and O–H groups in total. The predicted molar refractivity (Wildman–Crippen MR) is 223 cm³/mol. The summed E-state index contributed by atoms with van der Waals surface area (Å²) in [5, 5.41) is 22.5. The van der Waals surface area contributed by atoms with Gasteiger partial charge in [0.2, 0.25) is 0 Å². The van der Waals surface area contributed by atoms with E-state index < -0.39 is 0 Å². The summed E-state index contributed by atoms with van der Waals surface area (Å²) in [5.41, 5.74) is 16.8. The van der Waals surface area contributed by atoms with Crippen molar-refractivity contribution in [1.82, 2.24) is 0 Å². The minimum absolute atomic E-state index is 0.0166. The first-order valence-electron chi connectivity index (χ1n) is 20.9. The predicted octanol–water partition coefficient (Wildman–Crippen LogP) is 7.53. The number of benzene rings is 2. The number of nitrogens with zero attached hydrogens (tertiary/aromatic N) is 1. The van der Waals surface area contributed by atoms with Gasteiger partial charge in [0.25, 0.3) is 0 Å². The van der Waals surface area contributed by atoms with Crippen LogP contribution in [0.4, 0.5) is 0 Å². The number of aliphatic hydroxyl groups is 1. The van der Waals surface area contributed by atoms with Gasteiger partial charge < -0.3 is 31.2 Å². The van der Waals surface area contributed by atoms with Crippen LogP contribution in [-0.2, 0) is 22.4 Å². The van der Waals surface area contributed by atoms with Crippen molar-refractivity contribution in [3.8, 4) is 35.2 Å². The number of methoxy groups -OCH3 is 1. The van der Waals surface area contributed by atoms with E-state index in [1.807, 2.05) is 19.1 Å². The number of phenols is 1. The fourth-order valence-corrected chi connectivity index (χ4v) is 9.43. The van der Waals surface area contributed by atoms with Crippen molar-refractivity contribution in [3.05, 3.63) is 82.5 Å². The molecule has 298 valence electrons. The van der Waals surface area contributed by atoms with Gasteiger partial charge in [0.1, 0.15) is 0 Å². The molecule has 7 rings (SSSR count). The standard InChI is InChI=1S/C48H61N3O5/c1-4-11-33(30-52)27-37(53)21-19-35-29-44(56-38-16-8-9-17-38)47(54)45-39(35)23-24-40-34(26-32-13-6-5-7-14-32)15-10-12-31(2)18-22-41(45)42-28-36(20-25-43(42)55-3)46(40)51-48(49)50/h5-7,13-14,20,25,27,29,31,34,36,38,40-43,46,52,54H,4,8-9,11-12,16-19,21-22,26,28,30H2,1-3H3,(H4,49,50,51). The van der Waals surface area contributed by atoms with E-state index in [4.69, 9.17) is 25.9 Å². The van der Waals surface area contributed by atoms with Crippen LogP contribution in [0.3, 0.4) is 0 Å². The molecule has 8 unspecified atom stereocenters. The Morgan fingerprint density at radius 3 is 2.55 bits per heavy atom. The molecular weight excluding hydrogens is 699 g/mol. The van der Waals surface area contributed by atoms with E-state index >= 15 is 0 Å². The minimum Gasteiger partial charge on any atom is -0.504 e. The highest BCUT2D eigenvalue weighted by Crippen LogP contribution is 2.50. The fraction of sp³-hybridized carbons (Fsp3) is 0.542. The molecule has 1 saturated carbocycles. The Hall–Kier alpha value is -4.50. The number of rotatable bonds is 13. The highest BCUT2D eigenvalue weighted by Gasteiger charge is 2.43. The Morgan fingerprint density at radius 2 is 1.84 bits per heavy atom. The Labute approximate surface area is 334 Å². The maximum Gasteiger partial charge on any atom is 0.186 e. The maximum absolute atomic E-state index is 13.5. The first-order valence-corrected chi connectivity index (χ1v) is 20.9. The number of aryl methyl sites for hydroxylation is 1. The molecule has 0 spiro atoms. The number of phenolic OH excluding ortho intramolecular Hbond substituents is 1. The van der Waals surface area contributed by atoms with Crippen molar-refractivity contribution >= 4 is 11.7 Å². The van der Waals surface area contributed by atoms with Crippen molar-refractivity contribution in [1.29, 1.82) is 0 Å². The quantitative estimate of drug-likeness (QED) is 0.0544. The molecule has 0 aromatic heterocycles. The molecule has 5 aliphatic rings. The first-order chi connectivity index (χ1) is 27.2. The molecule has 0 amide bonds. The second kappa shape index (κ2) is 19.6. The Morgan fingerprint density at radius 1 is 1.05 bits per heavy atom. The molecule has 0 radical (unpaired) electrons. The largest absolute Gasteiger partial charge is 0.504 e. The topological polar surface area (TPSA) is 140 Å². The highest BCUT2D eigenvalue weighted by molar-refractivity contribution is 5.90. The molecule has 8 atom stereocenters.